The summed E-state index contributed by atoms with van der Waals surface area (Å²) in [5.41, 5.74) is 8.89. The van der Waals surface area contributed by atoms with Gasteiger partial charge in [-0.05, 0) is 36.3 Å². The van der Waals surface area contributed by atoms with Gasteiger partial charge in [-0.3, -0.25) is 0 Å². The van der Waals surface area contributed by atoms with E-state index in [-0.39, 0.29) is 12.1 Å². The molecule has 2 atom stereocenters. The Morgan fingerprint density at radius 3 is 2.40 bits per heavy atom. The predicted octanol–water partition coefficient (Wildman–Crippen LogP) is 2.35. The smallest absolute Gasteiger partial charge is 0.0979 e. The lowest BCUT2D eigenvalue weighted by Crippen LogP contribution is -2.24. The van der Waals surface area contributed by atoms with Crippen LogP contribution < -0.4 is 5.73 Å². The van der Waals surface area contributed by atoms with Crippen LogP contribution in [0.15, 0.2) is 24.3 Å². The van der Waals surface area contributed by atoms with Crippen molar-refractivity contribution in [1.29, 1.82) is 0 Å². The lowest BCUT2D eigenvalue weighted by Gasteiger charge is -2.18. The average Bonchev–Trinajstić information content (AvgIpc) is 3.02. The average molecular weight is 203 g/mol. The van der Waals surface area contributed by atoms with E-state index in [1.54, 1.807) is 0 Å². The van der Waals surface area contributed by atoms with Crippen molar-refractivity contribution in [2.45, 2.75) is 37.3 Å². The molecular formula is C13H17NO. The van der Waals surface area contributed by atoms with E-state index in [9.17, 15) is 0 Å². The second kappa shape index (κ2) is 3.62. The predicted molar refractivity (Wildman–Crippen MR) is 59.7 cm³/mol. The fourth-order valence-electron chi connectivity index (χ4n) is 2.46. The van der Waals surface area contributed by atoms with Gasteiger partial charge in [-0.15, -0.1) is 0 Å². The molecule has 0 aromatic heterocycles. The van der Waals surface area contributed by atoms with Gasteiger partial charge in [0, 0.05) is 12.6 Å². The van der Waals surface area contributed by atoms with Crippen molar-refractivity contribution >= 4 is 0 Å². The molecule has 0 radical (unpaired) electrons. The van der Waals surface area contributed by atoms with Crippen LogP contribution in [0.1, 0.15) is 42.4 Å². The van der Waals surface area contributed by atoms with Gasteiger partial charge in [-0.25, -0.2) is 0 Å². The fraction of sp³-hybridized carbons (Fsp3) is 0.538. The molecular weight excluding hydrogens is 186 g/mol. The lowest BCUT2D eigenvalue weighted by molar-refractivity contribution is 0.104. The van der Waals surface area contributed by atoms with Crippen LogP contribution in [0.3, 0.4) is 0 Å². The Bertz CT molecular complexity index is 359. The second-order valence-corrected chi connectivity index (χ2v) is 4.65. The maximum absolute atomic E-state index is 6.08. The molecule has 2 aliphatic rings. The summed E-state index contributed by atoms with van der Waals surface area (Å²) in [5, 5.41) is 0. The third kappa shape index (κ3) is 1.68. The zero-order valence-corrected chi connectivity index (χ0v) is 8.86. The molecule has 1 saturated carbocycles. The van der Waals surface area contributed by atoms with Crippen molar-refractivity contribution in [1.82, 2.24) is 0 Å². The van der Waals surface area contributed by atoms with E-state index in [1.165, 1.54) is 24.0 Å². The molecule has 1 heterocycles. The van der Waals surface area contributed by atoms with Crippen molar-refractivity contribution in [3.63, 3.8) is 0 Å². The van der Waals surface area contributed by atoms with Gasteiger partial charge in [-0.1, -0.05) is 24.3 Å². The van der Waals surface area contributed by atoms with Crippen molar-refractivity contribution in [2.75, 3.05) is 6.61 Å². The molecule has 1 aliphatic carbocycles. The monoisotopic (exact) mass is 203 g/mol. The summed E-state index contributed by atoms with van der Waals surface area (Å²) >= 11 is 0. The minimum Gasteiger partial charge on any atom is -0.372 e. The van der Waals surface area contributed by atoms with Gasteiger partial charge >= 0.3 is 0 Å². The summed E-state index contributed by atoms with van der Waals surface area (Å²) in [6.07, 6.45) is 3.79. The highest BCUT2D eigenvalue weighted by atomic mass is 16.5. The third-order valence-electron chi connectivity index (χ3n) is 3.46. The van der Waals surface area contributed by atoms with Gasteiger partial charge in [0.25, 0.3) is 0 Å². The molecule has 0 spiro atoms. The van der Waals surface area contributed by atoms with Crippen LogP contribution in [0.2, 0.25) is 0 Å². The number of ether oxygens (including phenoxy) is 1. The molecule has 15 heavy (non-hydrogen) atoms. The molecule has 2 unspecified atom stereocenters. The molecule has 80 valence electrons. The number of rotatable bonds is 2. The molecule has 2 fully saturated rings. The molecule has 1 aromatic carbocycles. The van der Waals surface area contributed by atoms with Crippen molar-refractivity contribution in [3.8, 4) is 0 Å². The SMILES string of the molecule is NC1CCOC1c1ccccc1C1CC1. The Morgan fingerprint density at radius 1 is 1.07 bits per heavy atom. The first-order chi connectivity index (χ1) is 7.36. The summed E-state index contributed by atoms with van der Waals surface area (Å²) in [7, 11) is 0. The van der Waals surface area contributed by atoms with E-state index < -0.39 is 0 Å². The van der Waals surface area contributed by atoms with Crippen LogP contribution in [0.4, 0.5) is 0 Å². The summed E-state index contributed by atoms with van der Waals surface area (Å²) in [6.45, 7) is 0.810. The van der Waals surface area contributed by atoms with Crippen LogP contribution in [0.25, 0.3) is 0 Å². The highest BCUT2D eigenvalue weighted by Crippen LogP contribution is 2.44. The lowest BCUT2D eigenvalue weighted by atomic mass is 9.95. The molecule has 0 bridgehead atoms. The molecule has 1 aromatic rings. The fourth-order valence-corrected chi connectivity index (χ4v) is 2.46. The molecule has 0 amide bonds. The summed E-state index contributed by atoms with van der Waals surface area (Å²) in [6, 6.07) is 8.82. The van der Waals surface area contributed by atoms with Crippen LogP contribution >= 0.6 is 0 Å². The van der Waals surface area contributed by atoms with E-state index >= 15 is 0 Å². The van der Waals surface area contributed by atoms with Gasteiger partial charge in [0.15, 0.2) is 0 Å². The number of nitrogens with two attached hydrogens (primary N) is 1. The van der Waals surface area contributed by atoms with Gasteiger partial charge in [0.05, 0.1) is 6.10 Å². The van der Waals surface area contributed by atoms with Crippen molar-refractivity contribution in [3.05, 3.63) is 35.4 Å². The number of benzene rings is 1. The molecule has 2 N–H and O–H groups in total. The second-order valence-electron chi connectivity index (χ2n) is 4.65. The summed E-state index contributed by atoms with van der Waals surface area (Å²) in [4.78, 5) is 0. The van der Waals surface area contributed by atoms with Gasteiger partial charge in [-0.2, -0.15) is 0 Å². The van der Waals surface area contributed by atoms with Gasteiger partial charge in [0.2, 0.25) is 0 Å². The topological polar surface area (TPSA) is 35.2 Å². The quantitative estimate of drug-likeness (QED) is 0.800. The van der Waals surface area contributed by atoms with Crippen LogP contribution in [0, 0.1) is 0 Å². The van der Waals surface area contributed by atoms with E-state index in [4.69, 9.17) is 10.5 Å². The minimum atomic E-state index is 0.141. The van der Waals surface area contributed by atoms with Crippen LogP contribution in [-0.4, -0.2) is 12.6 Å². The highest BCUT2D eigenvalue weighted by molar-refractivity contribution is 5.36. The molecule has 1 saturated heterocycles. The van der Waals surface area contributed by atoms with E-state index in [0.717, 1.165) is 18.9 Å². The Balaban J connectivity index is 1.95. The first-order valence-corrected chi connectivity index (χ1v) is 5.82. The minimum absolute atomic E-state index is 0.141. The van der Waals surface area contributed by atoms with E-state index in [2.05, 4.69) is 24.3 Å². The Morgan fingerprint density at radius 2 is 1.80 bits per heavy atom. The van der Waals surface area contributed by atoms with Crippen molar-refractivity contribution in [2.24, 2.45) is 5.73 Å². The normalized spacial score (nSPS) is 30.7. The van der Waals surface area contributed by atoms with Crippen LogP contribution in [0.5, 0.6) is 0 Å². The first-order valence-electron chi connectivity index (χ1n) is 5.82. The first kappa shape index (κ1) is 9.37. The maximum atomic E-state index is 6.08. The van der Waals surface area contributed by atoms with Gasteiger partial charge < -0.3 is 10.5 Å². The third-order valence-corrected chi connectivity index (χ3v) is 3.46. The van der Waals surface area contributed by atoms with Crippen LogP contribution in [-0.2, 0) is 4.74 Å². The summed E-state index contributed by atoms with van der Waals surface area (Å²) < 4.78 is 5.74. The zero-order valence-electron chi connectivity index (χ0n) is 8.86. The largest absolute Gasteiger partial charge is 0.372 e. The molecule has 2 nitrogen and oxygen atoms in total. The molecule has 1 aliphatic heterocycles. The van der Waals surface area contributed by atoms with E-state index in [0.29, 0.717) is 0 Å². The standard InChI is InChI=1S/C13H17NO/c14-12-7-8-15-13(12)11-4-2-1-3-10(11)9-5-6-9/h1-4,9,12-13H,5-8,14H2. The highest BCUT2D eigenvalue weighted by Gasteiger charge is 2.32. The molecule has 3 rings (SSSR count). The Labute approximate surface area is 90.4 Å². The number of hydrogen-bond donors (Lipinski definition) is 1. The Kier molecular flexibility index (Phi) is 2.26. The van der Waals surface area contributed by atoms with Gasteiger partial charge in [0.1, 0.15) is 0 Å². The number of hydrogen-bond acceptors (Lipinski definition) is 2. The van der Waals surface area contributed by atoms with Crippen molar-refractivity contribution < 1.29 is 4.74 Å². The Hall–Kier alpha value is -0.860. The molecule has 2 heteroatoms. The van der Waals surface area contributed by atoms with E-state index in [1.807, 2.05) is 0 Å². The summed E-state index contributed by atoms with van der Waals surface area (Å²) in [5.74, 6) is 0.776. The maximum Gasteiger partial charge on any atom is 0.0979 e. The zero-order chi connectivity index (χ0) is 10.3.